The van der Waals surface area contributed by atoms with Crippen molar-refractivity contribution in [2.24, 2.45) is 0 Å². The molecular weight excluding hydrogens is 475 g/mol. The van der Waals surface area contributed by atoms with Crippen LogP contribution in [0.2, 0.25) is 15.1 Å². The van der Waals surface area contributed by atoms with E-state index in [-0.39, 0.29) is 25.7 Å². The van der Waals surface area contributed by atoms with E-state index in [0.717, 1.165) is 22.5 Å². The van der Waals surface area contributed by atoms with Crippen LogP contribution in [0, 0.1) is 0 Å². The molecule has 0 aliphatic heterocycles. The highest BCUT2D eigenvalue weighted by molar-refractivity contribution is 7.93. The number of benzene rings is 2. The van der Waals surface area contributed by atoms with Gasteiger partial charge in [-0.1, -0.05) is 34.8 Å². The smallest absolute Gasteiger partial charge is 0.337 e. The number of hydrogen-bond donors (Lipinski definition) is 2. The molecule has 0 amide bonds. The number of carbonyl (C=O) groups is 1. The molecule has 0 spiro atoms. The molecule has 2 N–H and O–H groups in total. The Morgan fingerprint density at radius 1 is 0.929 bits per heavy atom. The fourth-order valence-electron chi connectivity index (χ4n) is 2.07. The third-order valence-corrected chi connectivity index (χ3v) is 7.94. The highest BCUT2D eigenvalue weighted by atomic mass is 35.5. The van der Waals surface area contributed by atoms with Crippen LogP contribution < -0.4 is 4.72 Å². The van der Waals surface area contributed by atoms with Crippen molar-refractivity contribution in [1.82, 2.24) is 4.31 Å². The number of hydrogen-bond acceptors (Lipinski definition) is 5. The monoisotopic (exact) mass is 486 g/mol. The van der Waals surface area contributed by atoms with E-state index < -0.39 is 36.5 Å². The Balaban J connectivity index is 2.55. The lowest BCUT2D eigenvalue weighted by atomic mass is 10.2. The predicted octanol–water partition coefficient (Wildman–Crippen LogP) is 3.40. The summed E-state index contributed by atoms with van der Waals surface area (Å²) < 4.78 is 53.0. The van der Waals surface area contributed by atoms with Gasteiger partial charge in [-0.3, -0.25) is 4.72 Å². The van der Waals surface area contributed by atoms with Gasteiger partial charge in [-0.25, -0.2) is 25.9 Å². The third-order valence-electron chi connectivity index (χ3n) is 3.48. The number of aromatic carboxylic acids is 1. The summed E-state index contributed by atoms with van der Waals surface area (Å²) in [5.74, 6) is -1.44. The molecule has 2 aromatic carbocycles. The van der Waals surface area contributed by atoms with Gasteiger partial charge in [-0.15, -0.1) is 0 Å². The van der Waals surface area contributed by atoms with Gasteiger partial charge in [-0.2, -0.15) is 0 Å². The number of rotatable bonds is 6. The average Bonchev–Trinajstić information content (AvgIpc) is 2.55. The predicted molar refractivity (Wildman–Crippen MR) is 107 cm³/mol. The molecule has 13 heteroatoms. The molecule has 0 aliphatic carbocycles. The average molecular weight is 488 g/mol. The van der Waals surface area contributed by atoms with Crippen LogP contribution in [0.5, 0.6) is 0 Å². The highest BCUT2D eigenvalue weighted by Gasteiger charge is 2.25. The zero-order valence-electron chi connectivity index (χ0n) is 14.3. The summed E-state index contributed by atoms with van der Waals surface area (Å²) in [6.07, 6.45) is 0. The second-order valence-corrected chi connectivity index (χ2v) is 10.6. The summed E-state index contributed by atoms with van der Waals surface area (Å²) in [6, 6.07) is 5.29. The molecule has 0 radical (unpaired) electrons. The molecular formula is C15H13Cl3N2O6S2. The summed E-state index contributed by atoms with van der Waals surface area (Å²) in [6.45, 7) is 0. The number of carboxylic acid groups (broad SMARTS) is 1. The standard InChI is InChI=1S/C15H13Cl3N2O6S2/c1-20(2)28(25,26)14-5-8(3-4-10(14)16)19-27(23,24)13-6-9(15(21)22)11(17)7-12(13)18/h3-7,19H,1-2H3,(H,21,22). The summed E-state index contributed by atoms with van der Waals surface area (Å²) >= 11 is 17.6. The topological polar surface area (TPSA) is 121 Å². The molecule has 152 valence electrons. The van der Waals surface area contributed by atoms with Crippen LogP contribution in [-0.2, 0) is 20.0 Å². The van der Waals surface area contributed by atoms with Gasteiger partial charge >= 0.3 is 5.97 Å². The number of halogens is 3. The van der Waals surface area contributed by atoms with Gasteiger partial charge in [0.2, 0.25) is 10.0 Å². The zero-order valence-corrected chi connectivity index (χ0v) is 18.2. The minimum absolute atomic E-state index is 0.102. The Labute approximate surface area is 176 Å². The molecule has 0 unspecified atom stereocenters. The first kappa shape index (κ1) is 22.7. The van der Waals surface area contributed by atoms with E-state index in [1.165, 1.54) is 26.2 Å². The molecule has 0 heterocycles. The molecule has 0 saturated carbocycles. The van der Waals surface area contributed by atoms with Gasteiger partial charge < -0.3 is 5.11 Å². The van der Waals surface area contributed by atoms with Crippen molar-refractivity contribution >= 4 is 66.5 Å². The van der Waals surface area contributed by atoms with Crippen LogP contribution in [0.3, 0.4) is 0 Å². The van der Waals surface area contributed by atoms with E-state index in [4.69, 9.17) is 39.9 Å². The lowest BCUT2D eigenvalue weighted by Crippen LogP contribution is -2.23. The Morgan fingerprint density at radius 2 is 1.54 bits per heavy atom. The molecule has 0 bridgehead atoms. The van der Waals surface area contributed by atoms with Crippen molar-refractivity contribution in [3.05, 3.63) is 51.0 Å². The van der Waals surface area contributed by atoms with Crippen LogP contribution >= 0.6 is 34.8 Å². The van der Waals surface area contributed by atoms with Gasteiger partial charge in [0.15, 0.2) is 0 Å². The molecule has 0 aromatic heterocycles. The molecule has 0 aliphatic rings. The fourth-order valence-corrected chi connectivity index (χ4v) is 5.37. The van der Waals surface area contributed by atoms with Crippen LogP contribution in [0.15, 0.2) is 40.1 Å². The second kappa shape index (κ2) is 8.05. The Hall–Kier alpha value is -1.56. The second-order valence-electron chi connectivity index (χ2n) is 5.61. The van der Waals surface area contributed by atoms with E-state index in [1.54, 1.807) is 0 Å². The summed E-state index contributed by atoms with van der Waals surface area (Å²) in [4.78, 5) is 10.3. The van der Waals surface area contributed by atoms with Crippen LogP contribution in [0.4, 0.5) is 5.69 Å². The summed E-state index contributed by atoms with van der Waals surface area (Å²) in [7, 11) is -5.71. The van der Waals surface area contributed by atoms with Crippen molar-refractivity contribution in [3.8, 4) is 0 Å². The SMILES string of the molecule is CN(C)S(=O)(=O)c1cc(NS(=O)(=O)c2cc(C(=O)O)c(Cl)cc2Cl)ccc1Cl. The Bertz CT molecular complexity index is 1160. The van der Waals surface area contributed by atoms with Crippen LogP contribution in [0.25, 0.3) is 0 Å². The van der Waals surface area contributed by atoms with Crippen LogP contribution in [-0.4, -0.2) is 46.3 Å². The summed E-state index contributed by atoms with van der Waals surface area (Å²) in [5.41, 5.74) is -0.578. The molecule has 2 rings (SSSR count). The number of nitrogens with zero attached hydrogens (tertiary/aromatic N) is 1. The largest absolute Gasteiger partial charge is 0.478 e. The van der Waals surface area contributed by atoms with Gasteiger partial charge in [-0.05, 0) is 30.3 Å². The number of anilines is 1. The van der Waals surface area contributed by atoms with E-state index in [9.17, 15) is 21.6 Å². The lowest BCUT2D eigenvalue weighted by Gasteiger charge is -2.15. The van der Waals surface area contributed by atoms with Crippen molar-refractivity contribution in [2.75, 3.05) is 18.8 Å². The van der Waals surface area contributed by atoms with E-state index in [2.05, 4.69) is 4.72 Å². The molecule has 0 fully saturated rings. The zero-order chi connectivity index (χ0) is 21.4. The maximum Gasteiger partial charge on any atom is 0.337 e. The number of carboxylic acids is 1. The van der Waals surface area contributed by atoms with Crippen molar-refractivity contribution in [2.45, 2.75) is 9.79 Å². The number of sulfonamides is 2. The maximum atomic E-state index is 12.7. The Kier molecular flexibility index (Phi) is 6.54. The van der Waals surface area contributed by atoms with E-state index >= 15 is 0 Å². The normalized spacial score (nSPS) is 12.2. The third kappa shape index (κ3) is 4.53. The lowest BCUT2D eigenvalue weighted by molar-refractivity contribution is 0.0697. The first-order chi connectivity index (χ1) is 12.8. The van der Waals surface area contributed by atoms with Gasteiger partial charge in [0.1, 0.15) is 9.79 Å². The highest BCUT2D eigenvalue weighted by Crippen LogP contribution is 2.32. The minimum atomic E-state index is -4.37. The fraction of sp³-hybridized carbons (Fsp3) is 0.133. The van der Waals surface area contributed by atoms with Gasteiger partial charge in [0.25, 0.3) is 10.0 Å². The maximum absolute atomic E-state index is 12.7. The minimum Gasteiger partial charge on any atom is -0.478 e. The first-order valence-electron chi connectivity index (χ1n) is 7.24. The van der Waals surface area contributed by atoms with E-state index in [0.29, 0.717) is 0 Å². The molecule has 2 aromatic rings. The molecule has 0 atom stereocenters. The van der Waals surface area contributed by atoms with Gasteiger partial charge in [0.05, 0.1) is 26.3 Å². The summed E-state index contributed by atoms with van der Waals surface area (Å²) in [5, 5.41) is 8.47. The van der Waals surface area contributed by atoms with Crippen LogP contribution in [0.1, 0.15) is 10.4 Å². The first-order valence-corrected chi connectivity index (χ1v) is 11.3. The molecule has 0 saturated heterocycles. The molecule has 8 nitrogen and oxygen atoms in total. The van der Waals surface area contributed by atoms with Crippen molar-refractivity contribution < 1.29 is 26.7 Å². The Morgan fingerprint density at radius 3 is 2.07 bits per heavy atom. The number of nitrogens with one attached hydrogen (secondary N) is 1. The van der Waals surface area contributed by atoms with Crippen molar-refractivity contribution in [1.29, 1.82) is 0 Å². The van der Waals surface area contributed by atoms with Gasteiger partial charge in [0, 0.05) is 14.1 Å². The van der Waals surface area contributed by atoms with E-state index in [1.807, 2.05) is 0 Å². The molecule has 28 heavy (non-hydrogen) atoms. The van der Waals surface area contributed by atoms with Crippen molar-refractivity contribution in [3.63, 3.8) is 0 Å². The quantitative estimate of drug-likeness (QED) is 0.644.